The molecular formula is C15H14O3. The quantitative estimate of drug-likeness (QED) is 0.769. The Hall–Kier alpha value is -2.29. The highest BCUT2D eigenvalue weighted by Crippen LogP contribution is 2.04. The Bertz CT molecular complexity index is 434. The normalized spacial score (nSPS) is 9.78. The average molecular weight is 242 g/mol. The Labute approximate surface area is 106 Å². The van der Waals surface area contributed by atoms with Gasteiger partial charge in [-0.3, -0.25) is 0 Å². The lowest BCUT2D eigenvalue weighted by Gasteiger charge is -2.06. The van der Waals surface area contributed by atoms with Crippen LogP contribution < -0.4 is 0 Å². The molecule has 0 aromatic heterocycles. The van der Waals surface area contributed by atoms with Crippen LogP contribution >= 0.6 is 0 Å². The number of benzene rings is 2. The Morgan fingerprint density at radius 3 is 1.50 bits per heavy atom. The van der Waals surface area contributed by atoms with Gasteiger partial charge in [-0.1, -0.05) is 60.7 Å². The van der Waals surface area contributed by atoms with Crippen molar-refractivity contribution in [2.24, 2.45) is 0 Å². The standard InChI is InChI=1S/C15H14O3/c16-15(17-11-13-7-3-1-4-8-13)18-12-14-9-5-2-6-10-14/h1-10H,11-12H2. The summed E-state index contributed by atoms with van der Waals surface area (Å²) in [6.07, 6.45) is -0.650. The summed E-state index contributed by atoms with van der Waals surface area (Å²) in [6.45, 7) is 0.461. The maximum Gasteiger partial charge on any atom is 0.508 e. The van der Waals surface area contributed by atoms with E-state index in [4.69, 9.17) is 9.47 Å². The molecule has 0 saturated heterocycles. The van der Waals surface area contributed by atoms with Gasteiger partial charge in [0.05, 0.1) is 0 Å². The molecule has 92 valence electrons. The van der Waals surface area contributed by atoms with Crippen molar-refractivity contribution in [3.63, 3.8) is 0 Å². The Balaban J connectivity index is 1.73. The Kier molecular flexibility index (Phi) is 4.36. The van der Waals surface area contributed by atoms with Gasteiger partial charge in [0, 0.05) is 0 Å². The number of carbonyl (C=O) groups is 1. The monoisotopic (exact) mass is 242 g/mol. The van der Waals surface area contributed by atoms with Crippen molar-refractivity contribution in [2.75, 3.05) is 0 Å². The Morgan fingerprint density at radius 1 is 0.722 bits per heavy atom. The third kappa shape index (κ3) is 3.94. The Morgan fingerprint density at radius 2 is 1.11 bits per heavy atom. The van der Waals surface area contributed by atoms with Gasteiger partial charge >= 0.3 is 6.16 Å². The summed E-state index contributed by atoms with van der Waals surface area (Å²) in [5.74, 6) is 0. The van der Waals surface area contributed by atoms with Gasteiger partial charge < -0.3 is 9.47 Å². The third-order valence-electron chi connectivity index (χ3n) is 2.40. The summed E-state index contributed by atoms with van der Waals surface area (Å²) < 4.78 is 9.98. The minimum Gasteiger partial charge on any atom is -0.429 e. The van der Waals surface area contributed by atoms with E-state index in [0.29, 0.717) is 0 Å². The third-order valence-corrected chi connectivity index (χ3v) is 2.40. The van der Waals surface area contributed by atoms with Gasteiger partial charge in [0.25, 0.3) is 0 Å². The molecule has 0 saturated carbocycles. The molecule has 3 heteroatoms. The van der Waals surface area contributed by atoms with Gasteiger partial charge in [0.2, 0.25) is 0 Å². The number of rotatable bonds is 4. The second-order valence-corrected chi connectivity index (χ2v) is 3.80. The van der Waals surface area contributed by atoms with Crippen molar-refractivity contribution in [3.8, 4) is 0 Å². The van der Waals surface area contributed by atoms with Crippen molar-refractivity contribution < 1.29 is 14.3 Å². The largest absolute Gasteiger partial charge is 0.508 e. The number of hydrogen-bond acceptors (Lipinski definition) is 3. The first-order valence-electron chi connectivity index (χ1n) is 5.72. The van der Waals surface area contributed by atoms with Gasteiger partial charge in [-0.25, -0.2) is 4.79 Å². The van der Waals surface area contributed by atoms with E-state index in [-0.39, 0.29) is 13.2 Å². The molecule has 0 atom stereocenters. The molecule has 0 aliphatic rings. The molecule has 0 fully saturated rings. The van der Waals surface area contributed by atoms with E-state index in [1.807, 2.05) is 60.7 Å². The minimum atomic E-state index is -0.650. The van der Waals surface area contributed by atoms with Crippen LogP contribution in [0.1, 0.15) is 11.1 Å². The molecule has 18 heavy (non-hydrogen) atoms. The lowest BCUT2D eigenvalue weighted by molar-refractivity contribution is 0.0446. The number of carbonyl (C=O) groups excluding carboxylic acids is 1. The zero-order chi connectivity index (χ0) is 12.6. The SMILES string of the molecule is O=C(OCc1ccccc1)OCc1ccccc1. The van der Waals surface area contributed by atoms with Crippen molar-refractivity contribution in [2.45, 2.75) is 13.2 Å². The summed E-state index contributed by atoms with van der Waals surface area (Å²) in [5, 5.41) is 0. The van der Waals surface area contributed by atoms with Gasteiger partial charge in [-0.15, -0.1) is 0 Å². The molecule has 0 spiro atoms. The van der Waals surface area contributed by atoms with Crippen LogP contribution in [0, 0.1) is 0 Å². The molecule has 0 bridgehead atoms. The molecule has 0 heterocycles. The molecule has 2 aromatic rings. The van der Waals surface area contributed by atoms with Crippen LogP contribution in [0.4, 0.5) is 4.79 Å². The fourth-order valence-electron chi connectivity index (χ4n) is 1.47. The lowest BCUT2D eigenvalue weighted by atomic mass is 10.2. The molecule has 0 aliphatic heterocycles. The molecular weight excluding hydrogens is 228 g/mol. The molecule has 0 aliphatic carbocycles. The molecule has 3 nitrogen and oxygen atoms in total. The van der Waals surface area contributed by atoms with E-state index < -0.39 is 6.16 Å². The average Bonchev–Trinajstić information content (AvgIpc) is 2.45. The summed E-state index contributed by atoms with van der Waals surface area (Å²) in [5.41, 5.74) is 1.88. The first kappa shape index (κ1) is 12.2. The summed E-state index contributed by atoms with van der Waals surface area (Å²) in [7, 11) is 0. The van der Waals surface area contributed by atoms with Crippen molar-refractivity contribution in [1.29, 1.82) is 0 Å². The van der Waals surface area contributed by atoms with Crippen LogP contribution in [0.15, 0.2) is 60.7 Å². The van der Waals surface area contributed by atoms with E-state index in [2.05, 4.69) is 0 Å². The molecule has 2 aromatic carbocycles. The number of hydrogen-bond donors (Lipinski definition) is 0. The molecule has 0 N–H and O–H groups in total. The predicted molar refractivity (Wildman–Crippen MR) is 67.9 cm³/mol. The van der Waals surface area contributed by atoms with Gasteiger partial charge in [-0.05, 0) is 11.1 Å². The smallest absolute Gasteiger partial charge is 0.429 e. The van der Waals surface area contributed by atoms with Gasteiger partial charge in [0.1, 0.15) is 13.2 Å². The first-order chi connectivity index (χ1) is 8.84. The zero-order valence-electron chi connectivity index (χ0n) is 9.91. The topological polar surface area (TPSA) is 35.5 Å². The summed E-state index contributed by atoms with van der Waals surface area (Å²) in [6, 6.07) is 19.0. The van der Waals surface area contributed by atoms with Crippen LogP contribution in [0.2, 0.25) is 0 Å². The highest BCUT2D eigenvalue weighted by molar-refractivity contribution is 5.59. The zero-order valence-corrected chi connectivity index (χ0v) is 9.91. The van der Waals surface area contributed by atoms with E-state index in [1.54, 1.807) is 0 Å². The summed E-state index contributed by atoms with van der Waals surface area (Å²) >= 11 is 0. The predicted octanol–water partition coefficient (Wildman–Crippen LogP) is 3.54. The van der Waals surface area contributed by atoms with E-state index in [1.165, 1.54) is 0 Å². The lowest BCUT2D eigenvalue weighted by Crippen LogP contribution is -2.07. The minimum absolute atomic E-state index is 0.231. The van der Waals surface area contributed by atoms with Crippen LogP contribution in [0.3, 0.4) is 0 Å². The van der Waals surface area contributed by atoms with Crippen molar-refractivity contribution in [1.82, 2.24) is 0 Å². The molecule has 2 rings (SSSR count). The van der Waals surface area contributed by atoms with Gasteiger partial charge in [0.15, 0.2) is 0 Å². The van der Waals surface area contributed by atoms with Crippen LogP contribution in [-0.2, 0) is 22.7 Å². The van der Waals surface area contributed by atoms with Crippen molar-refractivity contribution in [3.05, 3.63) is 71.8 Å². The number of ether oxygens (including phenoxy) is 2. The van der Waals surface area contributed by atoms with Crippen molar-refractivity contribution >= 4 is 6.16 Å². The fourth-order valence-corrected chi connectivity index (χ4v) is 1.47. The summed E-state index contributed by atoms with van der Waals surface area (Å²) in [4.78, 5) is 11.3. The fraction of sp³-hybridized carbons (Fsp3) is 0.133. The van der Waals surface area contributed by atoms with E-state index >= 15 is 0 Å². The maximum atomic E-state index is 11.3. The highest BCUT2D eigenvalue weighted by Gasteiger charge is 2.04. The first-order valence-corrected chi connectivity index (χ1v) is 5.72. The molecule has 0 unspecified atom stereocenters. The van der Waals surface area contributed by atoms with Gasteiger partial charge in [-0.2, -0.15) is 0 Å². The molecule has 0 radical (unpaired) electrons. The second kappa shape index (κ2) is 6.45. The van der Waals surface area contributed by atoms with E-state index in [9.17, 15) is 4.79 Å². The van der Waals surface area contributed by atoms with E-state index in [0.717, 1.165) is 11.1 Å². The van der Waals surface area contributed by atoms with Crippen LogP contribution in [-0.4, -0.2) is 6.16 Å². The highest BCUT2D eigenvalue weighted by atomic mass is 16.7. The van der Waals surface area contributed by atoms with Crippen LogP contribution in [0.25, 0.3) is 0 Å². The maximum absolute atomic E-state index is 11.3. The molecule has 0 amide bonds. The van der Waals surface area contributed by atoms with Crippen LogP contribution in [0.5, 0.6) is 0 Å². The second-order valence-electron chi connectivity index (χ2n) is 3.80.